The molecular formula is C14H16N2O4. The third-order valence-electron chi connectivity index (χ3n) is 4.35. The zero-order valence-corrected chi connectivity index (χ0v) is 11.0. The van der Waals surface area contributed by atoms with Gasteiger partial charge in [-0.25, -0.2) is 4.79 Å². The number of amides is 1. The van der Waals surface area contributed by atoms with Crippen molar-refractivity contribution < 1.29 is 14.5 Å². The molecule has 20 heavy (non-hydrogen) atoms. The first-order valence-electron chi connectivity index (χ1n) is 6.79. The summed E-state index contributed by atoms with van der Waals surface area (Å²) in [6.07, 6.45) is 5.47. The van der Waals surface area contributed by atoms with Crippen molar-refractivity contribution in [3.05, 3.63) is 34.4 Å². The monoisotopic (exact) mass is 276 g/mol. The van der Waals surface area contributed by atoms with Crippen LogP contribution in [-0.2, 0) is 0 Å². The fraction of sp³-hybridized carbons (Fsp3) is 0.500. The van der Waals surface area contributed by atoms with Crippen LogP contribution in [0, 0.1) is 15.5 Å². The summed E-state index contributed by atoms with van der Waals surface area (Å²) in [5.74, 6) is 0.311. The first-order valence-corrected chi connectivity index (χ1v) is 6.79. The van der Waals surface area contributed by atoms with Gasteiger partial charge in [-0.05, 0) is 43.2 Å². The second-order valence-electron chi connectivity index (χ2n) is 5.74. The molecule has 1 spiro atoms. The lowest BCUT2D eigenvalue weighted by atomic mass is 9.54. The molecule has 0 aromatic heterocycles. The van der Waals surface area contributed by atoms with E-state index in [1.54, 1.807) is 0 Å². The maximum Gasteiger partial charge on any atom is 0.412 e. The van der Waals surface area contributed by atoms with E-state index in [1.165, 1.54) is 43.5 Å². The number of nitro groups is 1. The number of hydrogen-bond donors (Lipinski definition) is 1. The molecule has 2 aliphatic rings. The minimum Gasteiger partial charge on any atom is -0.410 e. The molecule has 0 atom stereocenters. The van der Waals surface area contributed by atoms with Crippen molar-refractivity contribution in [1.82, 2.24) is 5.32 Å². The Morgan fingerprint density at radius 3 is 2.45 bits per heavy atom. The predicted octanol–water partition coefficient (Wildman–Crippen LogP) is 3.02. The van der Waals surface area contributed by atoms with Crippen LogP contribution >= 0.6 is 0 Å². The van der Waals surface area contributed by atoms with E-state index in [-0.39, 0.29) is 11.7 Å². The van der Waals surface area contributed by atoms with Crippen molar-refractivity contribution in [3.8, 4) is 5.75 Å². The van der Waals surface area contributed by atoms with Crippen molar-refractivity contribution in [2.24, 2.45) is 5.41 Å². The van der Waals surface area contributed by atoms with Crippen molar-refractivity contribution in [2.45, 2.75) is 38.1 Å². The number of non-ortho nitro benzene ring substituents is 1. The first-order chi connectivity index (χ1) is 9.56. The number of nitrogens with zero attached hydrogens (tertiary/aromatic N) is 1. The van der Waals surface area contributed by atoms with Crippen LogP contribution in [0.4, 0.5) is 10.5 Å². The maximum absolute atomic E-state index is 11.7. The molecule has 2 aliphatic carbocycles. The molecule has 0 saturated heterocycles. The highest BCUT2D eigenvalue weighted by molar-refractivity contribution is 5.71. The summed E-state index contributed by atoms with van der Waals surface area (Å²) >= 11 is 0. The molecule has 2 fully saturated rings. The highest BCUT2D eigenvalue weighted by Gasteiger charge is 2.48. The van der Waals surface area contributed by atoms with Crippen molar-refractivity contribution in [3.63, 3.8) is 0 Å². The molecule has 2 saturated carbocycles. The van der Waals surface area contributed by atoms with E-state index in [2.05, 4.69) is 5.32 Å². The number of carbonyl (C=O) groups is 1. The zero-order chi connectivity index (χ0) is 14.2. The third kappa shape index (κ3) is 2.45. The molecule has 6 nitrogen and oxygen atoms in total. The zero-order valence-electron chi connectivity index (χ0n) is 11.0. The molecule has 3 rings (SSSR count). The SMILES string of the molecule is O=C(NC1CC2(CCC2)C1)Oc1ccc([N+](=O)[O-])cc1. The topological polar surface area (TPSA) is 81.5 Å². The molecule has 106 valence electrons. The van der Waals surface area contributed by atoms with Gasteiger partial charge in [0.05, 0.1) is 4.92 Å². The molecule has 0 heterocycles. The molecule has 6 heteroatoms. The lowest BCUT2D eigenvalue weighted by Gasteiger charge is -2.54. The standard InChI is InChI=1S/C14H16N2O4/c17-13(15-10-8-14(9-10)6-1-7-14)20-12-4-2-11(3-5-12)16(18)19/h2-5,10H,1,6-9H2,(H,15,17). The van der Waals surface area contributed by atoms with Crippen LogP contribution in [0.1, 0.15) is 32.1 Å². The lowest BCUT2D eigenvalue weighted by molar-refractivity contribution is -0.384. The summed E-state index contributed by atoms with van der Waals surface area (Å²) in [6.45, 7) is 0. The Kier molecular flexibility index (Phi) is 3.08. The number of nitro benzene ring substituents is 1. The van der Waals surface area contributed by atoms with Gasteiger partial charge in [0.25, 0.3) is 5.69 Å². The van der Waals surface area contributed by atoms with E-state index in [0.717, 1.165) is 12.8 Å². The van der Waals surface area contributed by atoms with Gasteiger partial charge in [-0.2, -0.15) is 0 Å². The number of benzene rings is 1. The van der Waals surface area contributed by atoms with Gasteiger partial charge in [-0.15, -0.1) is 0 Å². The highest BCUT2D eigenvalue weighted by atomic mass is 16.6. The second-order valence-corrected chi connectivity index (χ2v) is 5.74. The van der Waals surface area contributed by atoms with Crippen molar-refractivity contribution in [1.29, 1.82) is 0 Å². The second kappa shape index (κ2) is 4.77. The molecule has 0 radical (unpaired) electrons. The van der Waals surface area contributed by atoms with Gasteiger partial charge in [-0.1, -0.05) is 6.42 Å². The van der Waals surface area contributed by atoms with E-state index in [1.807, 2.05) is 0 Å². The number of rotatable bonds is 3. The van der Waals surface area contributed by atoms with Gasteiger partial charge in [-0.3, -0.25) is 10.1 Å². The Morgan fingerprint density at radius 1 is 1.30 bits per heavy atom. The summed E-state index contributed by atoms with van der Waals surface area (Å²) in [5.41, 5.74) is 0.481. The Balaban J connectivity index is 1.48. The number of hydrogen-bond acceptors (Lipinski definition) is 4. The van der Waals surface area contributed by atoms with Gasteiger partial charge in [0.1, 0.15) is 5.75 Å². The molecule has 1 aromatic rings. The summed E-state index contributed by atoms with van der Waals surface area (Å²) in [7, 11) is 0. The lowest BCUT2D eigenvalue weighted by Crippen LogP contribution is -2.54. The number of nitrogens with one attached hydrogen (secondary N) is 1. The average molecular weight is 276 g/mol. The molecule has 0 bridgehead atoms. The minimum atomic E-state index is -0.490. The molecule has 0 aliphatic heterocycles. The largest absolute Gasteiger partial charge is 0.412 e. The Labute approximate surface area is 116 Å². The van der Waals surface area contributed by atoms with Gasteiger partial charge in [0.15, 0.2) is 0 Å². The van der Waals surface area contributed by atoms with Crippen molar-refractivity contribution in [2.75, 3.05) is 0 Å². The number of ether oxygens (including phenoxy) is 1. The van der Waals surface area contributed by atoms with Gasteiger partial charge in [0.2, 0.25) is 0 Å². The van der Waals surface area contributed by atoms with Crippen LogP contribution in [0.2, 0.25) is 0 Å². The fourth-order valence-corrected chi connectivity index (χ4v) is 3.11. The van der Waals surface area contributed by atoms with Crippen LogP contribution in [0.25, 0.3) is 0 Å². The van der Waals surface area contributed by atoms with Gasteiger partial charge in [0, 0.05) is 18.2 Å². The van der Waals surface area contributed by atoms with E-state index >= 15 is 0 Å². The number of carbonyl (C=O) groups excluding carboxylic acids is 1. The van der Waals surface area contributed by atoms with Gasteiger partial charge < -0.3 is 10.1 Å². The normalized spacial score (nSPS) is 19.8. The Morgan fingerprint density at radius 2 is 1.95 bits per heavy atom. The van der Waals surface area contributed by atoms with E-state index in [0.29, 0.717) is 11.2 Å². The van der Waals surface area contributed by atoms with E-state index < -0.39 is 11.0 Å². The van der Waals surface area contributed by atoms with Crippen LogP contribution in [0.3, 0.4) is 0 Å². The summed E-state index contributed by atoms with van der Waals surface area (Å²) in [5, 5.41) is 13.3. The van der Waals surface area contributed by atoms with Crippen LogP contribution in [-0.4, -0.2) is 17.1 Å². The quantitative estimate of drug-likeness (QED) is 0.679. The summed E-state index contributed by atoms with van der Waals surface area (Å²) in [4.78, 5) is 21.7. The highest BCUT2D eigenvalue weighted by Crippen LogP contribution is 2.55. The molecular weight excluding hydrogens is 260 g/mol. The Bertz CT molecular complexity index is 529. The van der Waals surface area contributed by atoms with E-state index in [4.69, 9.17) is 4.74 Å². The van der Waals surface area contributed by atoms with Gasteiger partial charge >= 0.3 is 6.09 Å². The van der Waals surface area contributed by atoms with Crippen LogP contribution in [0.5, 0.6) is 5.75 Å². The van der Waals surface area contributed by atoms with Crippen molar-refractivity contribution >= 4 is 11.8 Å². The molecule has 0 unspecified atom stereocenters. The van der Waals surface area contributed by atoms with E-state index in [9.17, 15) is 14.9 Å². The fourth-order valence-electron chi connectivity index (χ4n) is 3.11. The predicted molar refractivity (Wildman–Crippen MR) is 71.6 cm³/mol. The molecule has 1 amide bonds. The summed E-state index contributed by atoms with van der Waals surface area (Å²) in [6, 6.07) is 5.68. The first kappa shape index (κ1) is 12.9. The van der Waals surface area contributed by atoms with Crippen LogP contribution < -0.4 is 10.1 Å². The molecule has 1 aromatic carbocycles. The minimum absolute atomic E-state index is 0.0244. The third-order valence-corrected chi connectivity index (χ3v) is 4.35. The summed E-state index contributed by atoms with van der Waals surface area (Å²) < 4.78 is 5.10. The molecule has 1 N–H and O–H groups in total. The average Bonchev–Trinajstić information content (AvgIpc) is 2.31. The van der Waals surface area contributed by atoms with Crippen LogP contribution in [0.15, 0.2) is 24.3 Å². The smallest absolute Gasteiger partial charge is 0.410 e. The maximum atomic E-state index is 11.7. The Hall–Kier alpha value is -2.11.